The SMILES string of the molecule is N=C(N)NCCC[C@H](NC(=O)[C@H](CCc1ccccc1)NC(=O)C(Cc1ccc(C(=N)N)cc1)C(=O)Nc1ccccc1)C(N)=O.O=C(O)C(F)(F)F. The monoisotopic (exact) mass is 741 g/mol. The summed E-state index contributed by atoms with van der Waals surface area (Å²) in [6.07, 6.45) is -3.91. The number of nitrogens with one attached hydrogen (secondary N) is 6. The lowest BCUT2D eigenvalue weighted by molar-refractivity contribution is -0.192. The number of alkyl halides is 3. The lowest BCUT2D eigenvalue weighted by atomic mass is 9.95. The first-order chi connectivity index (χ1) is 25.0. The van der Waals surface area contributed by atoms with Crippen LogP contribution in [-0.2, 0) is 36.8 Å². The fourth-order valence-corrected chi connectivity index (χ4v) is 4.70. The van der Waals surface area contributed by atoms with Gasteiger partial charge >= 0.3 is 12.1 Å². The van der Waals surface area contributed by atoms with Crippen LogP contribution in [0.25, 0.3) is 0 Å². The fourth-order valence-electron chi connectivity index (χ4n) is 4.70. The minimum absolute atomic E-state index is 0.00275. The van der Waals surface area contributed by atoms with Crippen LogP contribution in [0.5, 0.6) is 0 Å². The number of aliphatic carboxylic acids is 1. The smallest absolute Gasteiger partial charge is 0.475 e. The number of aryl methyl sites for hydroxylation is 1. The van der Waals surface area contributed by atoms with Gasteiger partial charge in [-0.3, -0.25) is 30.0 Å². The van der Waals surface area contributed by atoms with Gasteiger partial charge in [0.2, 0.25) is 23.6 Å². The van der Waals surface area contributed by atoms with Gasteiger partial charge in [-0.1, -0.05) is 72.8 Å². The number of primary amides is 1. The Hall–Kier alpha value is -6.46. The van der Waals surface area contributed by atoms with E-state index in [4.69, 9.17) is 37.9 Å². The molecule has 3 aromatic carbocycles. The van der Waals surface area contributed by atoms with Crippen molar-refractivity contribution in [2.75, 3.05) is 11.9 Å². The summed E-state index contributed by atoms with van der Waals surface area (Å²) in [6, 6.07) is 22.6. The predicted octanol–water partition coefficient (Wildman–Crippen LogP) is 1.75. The maximum atomic E-state index is 13.8. The van der Waals surface area contributed by atoms with Gasteiger partial charge in [0.1, 0.15) is 23.8 Å². The number of amides is 4. The number of amidine groups is 1. The number of rotatable bonds is 17. The minimum atomic E-state index is -5.08. The molecular formula is C35H42F3N9O6. The molecule has 3 aromatic rings. The second kappa shape index (κ2) is 21.0. The number of carbonyl (C=O) groups is 5. The number of benzene rings is 3. The molecule has 13 N–H and O–H groups in total. The lowest BCUT2D eigenvalue weighted by Gasteiger charge is -2.24. The Bertz CT molecular complexity index is 1710. The number of halogens is 3. The number of para-hydroxylation sites is 1. The van der Waals surface area contributed by atoms with Gasteiger partial charge in [-0.05, 0) is 55.4 Å². The zero-order valence-corrected chi connectivity index (χ0v) is 28.4. The summed E-state index contributed by atoms with van der Waals surface area (Å²) in [7, 11) is 0. The van der Waals surface area contributed by atoms with E-state index in [9.17, 15) is 32.3 Å². The van der Waals surface area contributed by atoms with Crippen LogP contribution < -0.4 is 38.5 Å². The average molecular weight is 742 g/mol. The van der Waals surface area contributed by atoms with E-state index in [2.05, 4.69) is 21.3 Å². The molecule has 0 radical (unpaired) electrons. The van der Waals surface area contributed by atoms with Gasteiger partial charge in [-0.15, -0.1) is 0 Å². The maximum absolute atomic E-state index is 13.8. The molecule has 0 heterocycles. The molecule has 0 aliphatic heterocycles. The molecule has 15 nitrogen and oxygen atoms in total. The molecule has 0 fully saturated rings. The van der Waals surface area contributed by atoms with Gasteiger partial charge in [0.15, 0.2) is 5.96 Å². The second-order valence-electron chi connectivity index (χ2n) is 11.6. The third kappa shape index (κ3) is 16.0. The van der Waals surface area contributed by atoms with Gasteiger partial charge in [0, 0.05) is 17.8 Å². The number of nitrogens with two attached hydrogens (primary N) is 3. The summed E-state index contributed by atoms with van der Waals surface area (Å²) in [5.41, 5.74) is 19.0. The predicted molar refractivity (Wildman–Crippen MR) is 190 cm³/mol. The number of carbonyl (C=O) groups excluding carboxylic acids is 4. The molecule has 3 rings (SSSR count). The van der Waals surface area contributed by atoms with Gasteiger partial charge in [-0.2, -0.15) is 13.2 Å². The summed E-state index contributed by atoms with van der Waals surface area (Å²) in [6.45, 7) is 0.300. The van der Waals surface area contributed by atoms with Gasteiger partial charge in [0.05, 0.1) is 0 Å². The molecule has 1 unspecified atom stereocenters. The van der Waals surface area contributed by atoms with Crippen LogP contribution in [0.15, 0.2) is 84.9 Å². The van der Waals surface area contributed by atoms with Crippen molar-refractivity contribution < 1.29 is 42.3 Å². The standard InChI is InChI=1S/C33H41N9O4.C2HF3O2/c34-28(35)23-16-13-22(14-17-23)20-25(30(44)40-24-10-5-2-6-11-24)31(45)42-27(18-15-21-8-3-1-4-9-21)32(46)41-26(29(36)43)12-7-19-39-33(37)38;3-2(4,5)1(6)7/h1-6,8-11,13-14,16-17,25-27H,7,12,15,18-20H2,(H3,34,35)(H2,36,43)(H,40,44)(H,41,46)(H,42,45)(H4,37,38,39);(H,6,7)/t25?,26-,27-;/m0./s1. The molecule has 284 valence electrons. The molecule has 0 aliphatic carbocycles. The number of nitrogen functional groups attached to an aromatic ring is 1. The summed E-state index contributed by atoms with van der Waals surface area (Å²) in [5, 5.41) is 32.8. The molecule has 0 saturated heterocycles. The Labute approximate surface area is 302 Å². The zero-order chi connectivity index (χ0) is 39.6. The van der Waals surface area contributed by atoms with Crippen LogP contribution in [-0.4, -0.2) is 71.3 Å². The van der Waals surface area contributed by atoms with Crippen LogP contribution in [0, 0.1) is 16.7 Å². The average Bonchev–Trinajstić information content (AvgIpc) is 3.10. The van der Waals surface area contributed by atoms with Gasteiger partial charge < -0.3 is 43.6 Å². The van der Waals surface area contributed by atoms with E-state index in [1.54, 1.807) is 54.6 Å². The highest BCUT2D eigenvalue weighted by molar-refractivity contribution is 6.07. The molecule has 0 bridgehead atoms. The normalized spacial score (nSPS) is 12.4. The van der Waals surface area contributed by atoms with Gasteiger partial charge in [-0.25, -0.2) is 4.79 Å². The Kier molecular flexibility index (Phi) is 16.9. The Morgan fingerprint density at radius 3 is 1.77 bits per heavy atom. The van der Waals surface area contributed by atoms with Crippen LogP contribution in [0.1, 0.15) is 36.0 Å². The number of hydrogen-bond donors (Lipinski definition) is 10. The van der Waals surface area contributed by atoms with Crippen molar-refractivity contribution >= 4 is 47.1 Å². The lowest BCUT2D eigenvalue weighted by Crippen LogP contribution is -2.54. The highest BCUT2D eigenvalue weighted by Crippen LogP contribution is 2.16. The third-order valence-electron chi connectivity index (χ3n) is 7.46. The highest BCUT2D eigenvalue weighted by atomic mass is 19.4. The van der Waals surface area contributed by atoms with E-state index >= 15 is 0 Å². The van der Waals surface area contributed by atoms with E-state index < -0.39 is 53.8 Å². The highest BCUT2D eigenvalue weighted by Gasteiger charge is 2.38. The Balaban J connectivity index is 0.00000126. The zero-order valence-electron chi connectivity index (χ0n) is 28.4. The van der Waals surface area contributed by atoms with Crippen LogP contribution in [0.4, 0.5) is 18.9 Å². The Morgan fingerprint density at radius 2 is 1.26 bits per heavy atom. The van der Waals surface area contributed by atoms with E-state index in [0.29, 0.717) is 36.2 Å². The van der Waals surface area contributed by atoms with Crippen molar-refractivity contribution in [2.24, 2.45) is 23.1 Å². The first kappa shape index (κ1) is 42.7. The summed E-state index contributed by atoms with van der Waals surface area (Å²) >= 11 is 0. The first-order valence-electron chi connectivity index (χ1n) is 16.1. The van der Waals surface area contributed by atoms with Gasteiger partial charge in [0.25, 0.3) is 0 Å². The van der Waals surface area contributed by atoms with Crippen molar-refractivity contribution in [2.45, 2.75) is 50.4 Å². The summed E-state index contributed by atoms with van der Waals surface area (Å²) in [5.74, 6) is -6.96. The van der Waals surface area contributed by atoms with Crippen molar-refractivity contribution in [3.8, 4) is 0 Å². The van der Waals surface area contributed by atoms with Crippen LogP contribution in [0.3, 0.4) is 0 Å². The van der Waals surface area contributed by atoms with Crippen LogP contribution in [0.2, 0.25) is 0 Å². The van der Waals surface area contributed by atoms with E-state index in [-0.39, 0.29) is 31.1 Å². The number of carboxylic acids is 1. The molecule has 0 aromatic heterocycles. The van der Waals surface area contributed by atoms with E-state index in [1.165, 1.54) is 0 Å². The Morgan fingerprint density at radius 1 is 0.717 bits per heavy atom. The number of carboxylic acid groups (broad SMARTS) is 1. The van der Waals surface area contributed by atoms with E-state index in [0.717, 1.165) is 5.56 Å². The second-order valence-corrected chi connectivity index (χ2v) is 11.6. The molecule has 0 aliphatic rings. The van der Waals surface area contributed by atoms with E-state index in [1.807, 2.05) is 30.3 Å². The molecule has 0 spiro atoms. The quantitative estimate of drug-likeness (QED) is 0.0417. The molecular weight excluding hydrogens is 699 g/mol. The minimum Gasteiger partial charge on any atom is -0.475 e. The van der Waals surface area contributed by atoms with Crippen molar-refractivity contribution in [3.63, 3.8) is 0 Å². The molecule has 53 heavy (non-hydrogen) atoms. The molecule has 3 atom stereocenters. The molecule has 4 amide bonds. The van der Waals surface area contributed by atoms with Crippen molar-refractivity contribution in [3.05, 3.63) is 102 Å². The topological polar surface area (TPSA) is 279 Å². The molecule has 18 heteroatoms. The number of anilines is 1. The summed E-state index contributed by atoms with van der Waals surface area (Å²) < 4.78 is 31.7. The van der Waals surface area contributed by atoms with Crippen molar-refractivity contribution in [1.82, 2.24) is 16.0 Å². The number of guanidine groups is 1. The fraction of sp³-hybridized carbons (Fsp3) is 0.286. The summed E-state index contributed by atoms with van der Waals surface area (Å²) in [4.78, 5) is 62.0. The molecule has 0 saturated carbocycles. The third-order valence-corrected chi connectivity index (χ3v) is 7.46. The van der Waals surface area contributed by atoms with Crippen molar-refractivity contribution in [1.29, 1.82) is 10.8 Å². The first-order valence-corrected chi connectivity index (χ1v) is 16.1. The maximum Gasteiger partial charge on any atom is 0.490 e. The largest absolute Gasteiger partial charge is 0.490 e. The van der Waals surface area contributed by atoms with Crippen LogP contribution >= 0.6 is 0 Å². The number of hydrogen-bond acceptors (Lipinski definition) is 7.